The summed E-state index contributed by atoms with van der Waals surface area (Å²) in [6.45, 7) is 0.596. The van der Waals surface area contributed by atoms with E-state index in [1.165, 1.54) is 50.4 Å². The van der Waals surface area contributed by atoms with Gasteiger partial charge in [-0.3, -0.25) is 4.72 Å². The Balaban J connectivity index is 1.34. The van der Waals surface area contributed by atoms with Crippen molar-refractivity contribution < 1.29 is 13.2 Å². The van der Waals surface area contributed by atoms with Crippen LogP contribution in [0, 0.1) is 5.92 Å². The average Bonchev–Trinajstić information content (AvgIpc) is 3.33. The van der Waals surface area contributed by atoms with Crippen molar-refractivity contribution in [3.8, 4) is 5.88 Å². The molecule has 1 fully saturated rings. The van der Waals surface area contributed by atoms with Crippen LogP contribution < -0.4 is 14.8 Å². The van der Waals surface area contributed by atoms with Gasteiger partial charge >= 0.3 is 0 Å². The molecule has 0 atom stereocenters. The van der Waals surface area contributed by atoms with Crippen LogP contribution in [-0.2, 0) is 10.0 Å². The summed E-state index contributed by atoms with van der Waals surface area (Å²) in [4.78, 5) is 20.5. The molecule has 3 N–H and O–H groups in total. The van der Waals surface area contributed by atoms with Gasteiger partial charge in [0.1, 0.15) is 5.82 Å². The van der Waals surface area contributed by atoms with E-state index in [1.54, 1.807) is 36.7 Å². The van der Waals surface area contributed by atoms with Gasteiger partial charge in [0.15, 0.2) is 11.2 Å². The van der Waals surface area contributed by atoms with Gasteiger partial charge in [-0.2, -0.15) is 9.97 Å². The van der Waals surface area contributed by atoms with Crippen LogP contribution in [0.25, 0.3) is 11.2 Å². The zero-order valence-electron chi connectivity index (χ0n) is 18.4. The lowest BCUT2D eigenvalue weighted by Gasteiger charge is -2.21. The first kappa shape index (κ1) is 22.1. The van der Waals surface area contributed by atoms with Gasteiger partial charge in [-0.25, -0.2) is 18.4 Å². The monoisotopic (exact) mass is 479 g/mol. The number of hydrogen-bond acceptors (Lipinski definition) is 8. The van der Waals surface area contributed by atoms with Crippen molar-refractivity contribution in [2.75, 3.05) is 16.6 Å². The van der Waals surface area contributed by atoms with Crippen LogP contribution in [0.4, 0.5) is 17.5 Å². The highest BCUT2D eigenvalue weighted by atomic mass is 32.2. The Morgan fingerprint density at radius 3 is 2.68 bits per heavy atom. The van der Waals surface area contributed by atoms with Crippen molar-refractivity contribution in [1.29, 1.82) is 0 Å². The Morgan fingerprint density at radius 2 is 1.85 bits per heavy atom. The zero-order chi connectivity index (χ0) is 23.4. The van der Waals surface area contributed by atoms with E-state index in [-0.39, 0.29) is 10.7 Å². The van der Waals surface area contributed by atoms with Gasteiger partial charge in [-0.15, -0.1) is 0 Å². The van der Waals surface area contributed by atoms with Crippen molar-refractivity contribution in [2.45, 2.75) is 37.0 Å². The highest BCUT2D eigenvalue weighted by Crippen LogP contribution is 2.27. The molecule has 1 saturated carbocycles. The van der Waals surface area contributed by atoms with Gasteiger partial charge in [0.2, 0.25) is 11.8 Å². The summed E-state index contributed by atoms with van der Waals surface area (Å²) in [6.07, 6.45) is 9.15. The zero-order valence-corrected chi connectivity index (χ0v) is 19.3. The number of ether oxygens (including phenoxy) is 1. The normalized spacial score (nSPS) is 14.7. The maximum absolute atomic E-state index is 12.6. The van der Waals surface area contributed by atoms with Crippen molar-refractivity contribution in [1.82, 2.24) is 24.9 Å². The Bertz CT molecular complexity index is 1370. The molecule has 0 amide bonds. The predicted molar refractivity (Wildman–Crippen MR) is 129 cm³/mol. The van der Waals surface area contributed by atoms with E-state index in [0.717, 1.165) is 0 Å². The second-order valence-corrected chi connectivity index (χ2v) is 9.92. The average molecular weight is 480 g/mol. The molecule has 1 aromatic carbocycles. The van der Waals surface area contributed by atoms with Crippen LogP contribution in [0.1, 0.15) is 32.1 Å². The number of benzene rings is 1. The van der Waals surface area contributed by atoms with Crippen LogP contribution in [-0.4, -0.2) is 39.9 Å². The van der Waals surface area contributed by atoms with Gasteiger partial charge < -0.3 is 15.0 Å². The number of nitrogens with one attached hydrogen (secondary N) is 3. The lowest BCUT2D eigenvalue weighted by Crippen LogP contribution is -2.16. The van der Waals surface area contributed by atoms with Crippen LogP contribution in [0.2, 0.25) is 0 Å². The third-order valence-electron chi connectivity index (χ3n) is 5.74. The summed E-state index contributed by atoms with van der Waals surface area (Å²) < 4.78 is 33.8. The summed E-state index contributed by atoms with van der Waals surface area (Å²) in [5, 5.41) is 3.11. The summed E-state index contributed by atoms with van der Waals surface area (Å²) >= 11 is 0. The molecule has 0 saturated heterocycles. The minimum Gasteiger partial charge on any atom is -0.476 e. The van der Waals surface area contributed by atoms with Gasteiger partial charge in [0.25, 0.3) is 10.0 Å². The van der Waals surface area contributed by atoms with E-state index in [9.17, 15) is 8.42 Å². The first-order chi connectivity index (χ1) is 16.6. The number of rotatable bonds is 8. The van der Waals surface area contributed by atoms with Crippen molar-refractivity contribution in [2.24, 2.45) is 5.92 Å². The first-order valence-corrected chi connectivity index (χ1v) is 12.7. The topological polar surface area (TPSA) is 135 Å². The summed E-state index contributed by atoms with van der Waals surface area (Å²) in [7, 11) is -3.75. The minimum atomic E-state index is -3.75. The molecule has 34 heavy (non-hydrogen) atoms. The Labute approximate surface area is 197 Å². The van der Waals surface area contributed by atoms with E-state index < -0.39 is 10.0 Å². The molecule has 1 aliphatic carbocycles. The largest absolute Gasteiger partial charge is 0.476 e. The predicted octanol–water partition coefficient (Wildman–Crippen LogP) is 4.25. The number of aromatic amines is 1. The molecule has 0 unspecified atom stereocenters. The molecule has 5 rings (SSSR count). The molecular weight excluding hydrogens is 454 g/mol. The fraction of sp³-hybridized carbons (Fsp3) is 0.304. The van der Waals surface area contributed by atoms with Crippen LogP contribution in [0.15, 0.2) is 59.9 Å². The first-order valence-electron chi connectivity index (χ1n) is 11.2. The number of aromatic nitrogens is 5. The van der Waals surface area contributed by atoms with E-state index in [1.807, 2.05) is 0 Å². The van der Waals surface area contributed by atoms with E-state index in [4.69, 9.17) is 4.74 Å². The number of H-pyrrole nitrogens is 1. The molecular formula is C23H25N7O3S. The maximum Gasteiger partial charge on any atom is 0.263 e. The van der Waals surface area contributed by atoms with Crippen LogP contribution in [0.5, 0.6) is 5.88 Å². The third-order valence-corrected chi connectivity index (χ3v) is 7.11. The Morgan fingerprint density at radius 1 is 1.03 bits per heavy atom. The summed E-state index contributed by atoms with van der Waals surface area (Å²) in [5.74, 6) is 1.41. The van der Waals surface area contributed by atoms with E-state index in [2.05, 4.69) is 35.0 Å². The molecule has 176 valence electrons. The minimum absolute atomic E-state index is 0.156. The lowest BCUT2D eigenvalue weighted by atomic mass is 9.90. The molecule has 4 aromatic rings. The van der Waals surface area contributed by atoms with E-state index in [0.29, 0.717) is 41.2 Å². The number of hydrogen-bond donors (Lipinski definition) is 3. The number of nitrogens with zero attached hydrogens (tertiary/aromatic N) is 4. The smallest absolute Gasteiger partial charge is 0.263 e. The van der Waals surface area contributed by atoms with Gasteiger partial charge in [0, 0.05) is 18.0 Å². The second kappa shape index (κ2) is 9.64. The molecule has 0 radical (unpaired) electrons. The van der Waals surface area contributed by atoms with Crippen molar-refractivity contribution in [3.05, 3.63) is 55.0 Å². The number of imidazole rings is 1. The highest BCUT2D eigenvalue weighted by molar-refractivity contribution is 7.92. The fourth-order valence-electron chi connectivity index (χ4n) is 4.01. The van der Waals surface area contributed by atoms with Gasteiger partial charge in [-0.05, 0) is 37.0 Å². The summed E-state index contributed by atoms with van der Waals surface area (Å²) in [5.41, 5.74) is 1.69. The number of anilines is 3. The van der Waals surface area contributed by atoms with Gasteiger partial charge in [0.05, 0.1) is 17.8 Å². The SMILES string of the molecule is O=S(=O)(Nc1cc(Nc2nc(OCC3CCCCC3)c3nc[nH]c3n2)ccn1)c1ccccc1. The maximum atomic E-state index is 12.6. The van der Waals surface area contributed by atoms with E-state index >= 15 is 0 Å². The standard InChI is InChI=1S/C23H25N7O3S/c31-34(32,18-9-5-2-6-10-18)30-19-13-17(11-12-24-19)27-23-28-21-20(25-15-26-21)22(29-23)33-14-16-7-3-1-4-8-16/h2,5-6,9-13,15-16H,1,3-4,7-8,14H2,(H3,24,25,26,27,28,29,30). The van der Waals surface area contributed by atoms with Crippen LogP contribution >= 0.6 is 0 Å². The van der Waals surface area contributed by atoms with Crippen LogP contribution in [0.3, 0.4) is 0 Å². The fourth-order valence-corrected chi connectivity index (χ4v) is 5.03. The Kier molecular flexibility index (Phi) is 6.26. The summed E-state index contributed by atoms with van der Waals surface area (Å²) in [6, 6.07) is 11.4. The quantitative estimate of drug-likeness (QED) is 0.341. The van der Waals surface area contributed by atoms with Gasteiger partial charge in [-0.1, -0.05) is 37.5 Å². The second-order valence-electron chi connectivity index (χ2n) is 8.24. The van der Waals surface area contributed by atoms with Crippen molar-refractivity contribution in [3.63, 3.8) is 0 Å². The number of pyridine rings is 1. The highest BCUT2D eigenvalue weighted by Gasteiger charge is 2.18. The molecule has 3 aromatic heterocycles. The Hall–Kier alpha value is -3.73. The number of sulfonamides is 1. The molecule has 1 aliphatic rings. The van der Waals surface area contributed by atoms with Crippen molar-refractivity contribution >= 4 is 38.6 Å². The molecule has 3 heterocycles. The molecule has 0 bridgehead atoms. The molecule has 11 heteroatoms. The molecule has 0 aliphatic heterocycles. The number of fused-ring (bicyclic) bond motifs is 1. The molecule has 0 spiro atoms. The third kappa shape index (κ3) is 5.09. The molecule has 10 nitrogen and oxygen atoms in total. The lowest BCUT2D eigenvalue weighted by molar-refractivity contribution is 0.205.